The standard InChI is InChI=1S/C10H9NO2S/c1-6-3-9(11(12)13)8-5-7(2)14-10(8)4-6/h3-5H,1-2H3. The van der Waals surface area contributed by atoms with Crippen LogP contribution in [-0.2, 0) is 0 Å². The first-order chi connectivity index (χ1) is 6.58. The summed E-state index contributed by atoms with van der Waals surface area (Å²) in [5, 5.41) is 11.5. The van der Waals surface area contributed by atoms with Gasteiger partial charge in [0.05, 0.1) is 10.3 Å². The minimum atomic E-state index is -0.318. The lowest BCUT2D eigenvalue weighted by molar-refractivity contribution is -0.383. The summed E-state index contributed by atoms with van der Waals surface area (Å²) in [7, 11) is 0. The lowest BCUT2D eigenvalue weighted by Crippen LogP contribution is -1.88. The van der Waals surface area contributed by atoms with Crippen LogP contribution in [0.2, 0.25) is 0 Å². The van der Waals surface area contributed by atoms with Crippen molar-refractivity contribution >= 4 is 27.1 Å². The molecule has 0 saturated carbocycles. The second kappa shape index (κ2) is 3.06. The molecule has 1 heterocycles. The van der Waals surface area contributed by atoms with Crippen molar-refractivity contribution in [3.8, 4) is 0 Å². The van der Waals surface area contributed by atoms with Crippen molar-refractivity contribution < 1.29 is 4.92 Å². The van der Waals surface area contributed by atoms with E-state index in [0.717, 1.165) is 20.5 Å². The number of nitro groups is 1. The summed E-state index contributed by atoms with van der Waals surface area (Å²) in [6, 6.07) is 5.48. The van der Waals surface area contributed by atoms with E-state index in [-0.39, 0.29) is 10.6 Å². The molecular weight excluding hydrogens is 198 g/mol. The fraction of sp³-hybridized carbons (Fsp3) is 0.200. The molecule has 2 rings (SSSR count). The zero-order valence-electron chi connectivity index (χ0n) is 7.90. The molecule has 0 aliphatic carbocycles. The maximum atomic E-state index is 10.8. The Hall–Kier alpha value is -1.42. The summed E-state index contributed by atoms with van der Waals surface area (Å²) in [4.78, 5) is 11.6. The third-order valence-corrected chi connectivity index (χ3v) is 3.08. The van der Waals surface area contributed by atoms with E-state index >= 15 is 0 Å². The van der Waals surface area contributed by atoms with Gasteiger partial charge in [0, 0.05) is 15.6 Å². The minimum absolute atomic E-state index is 0.212. The number of thiophene rings is 1. The van der Waals surface area contributed by atoms with Crippen molar-refractivity contribution in [3.05, 3.63) is 38.8 Å². The van der Waals surface area contributed by atoms with Crippen LogP contribution in [0.25, 0.3) is 10.1 Å². The molecule has 0 bridgehead atoms. The first-order valence-corrected chi connectivity index (χ1v) is 5.05. The van der Waals surface area contributed by atoms with Crippen molar-refractivity contribution in [2.75, 3.05) is 0 Å². The third kappa shape index (κ3) is 1.37. The number of fused-ring (bicyclic) bond motifs is 1. The van der Waals surface area contributed by atoms with Gasteiger partial charge in [-0.05, 0) is 31.5 Å². The van der Waals surface area contributed by atoms with E-state index in [1.54, 1.807) is 17.4 Å². The normalized spacial score (nSPS) is 10.7. The highest BCUT2D eigenvalue weighted by molar-refractivity contribution is 7.19. The molecule has 1 aromatic carbocycles. The molecule has 2 aromatic rings. The van der Waals surface area contributed by atoms with Crippen LogP contribution < -0.4 is 0 Å². The average Bonchev–Trinajstić information content (AvgIpc) is 2.42. The van der Waals surface area contributed by atoms with Crippen molar-refractivity contribution in [1.29, 1.82) is 0 Å². The molecule has 0 fully saturated rings. The molecule has 1 aromatic heterocycles. The SMILES string of the molecule is Cc1cc([N+](=O)[O-])c2cc(C)sc2c1. The van der Waals surface area contributed by atoms with E-state index in [0.29, 0.717) is 0 Å². The molecular formula is C10H9NO2S. The summed E-state index contributed by atoms with van der Waals surface area (Å²) in [5.41, 5.74) is 1.15. The van der Waals surface area contributed by atoms with Crippen LogP contribution >= 0.6 is 11.3 Å². The number of hydrogen-bond acceptors (Lipinski definition) is 3. The Morgan fingerprint density at radius 3 is 2.64 bits per heavy atom. The summed E-state index contributed by atoms with van der Waals surface area (Å²) in [6.45, 7) is 3.84. The lowest BCUT2D eigenvalue weighted by Gasteiger charge is -1.95. The van der Waals surface area contributed by atoms with Gasteiger partial charge in [0.1, 0.15) is 0 Å². The first-order valence-electron chi connectivity index (χ1n) is 4.23. The molecule has 0 radical (unpaired) electrons. The molecule has 72 valence electrons. The largest absolute Gasteiger partial charge is 0.278 e. The van der Waals surface area contributed by atoms with Crippen molar-refractivity contribution in [3.63, 3.8) is 0 Å². The smallest absolute Gasteiger partial charge is 0.258 e. The second-order valence-corrected chi connectivity index (χ2v) is 4.60. The molecule has 0 aliphatic heterocycles. The van der Waals surface area contributed by atoms with Gasteiger partial charge in [0.15, 0.2) is 0 Å². The van der Waals surface area contributed by atoms with E-state index < -0.39 is 0 Å². The van der Waals surface area contributed by atoms with Gasteiger partial charge in [-0.1, -0.05) is 0 Å². The minimum Gasteiger partial charge on any atom is -0.258 e. The molecule has 14 heavy (non-hydrogen) atoms. The molecule has 0 atom stereocenters. The number of benzene rings is 1. The quantitative estimate of drug-likeness (QED) is 0.531. The van der Waals surface area contributed by atoms with Crippen LogP contribution in [0.1, 0.15) is 10.4 Å². The Bertz CT molecular complexity index is 516. The van der Waals surface area contributed by atoms with Crippen LogP contribution in [0.3, 0.4) is 0 Å². The number of non-ortho nitro benzene ring substituents is 1. The van der Waals surface area contributed by atoms with Crippen LogP contribution in [0.4, 0.5) is 5.69 Å². The van der Waals surface area contributed by atoms with Gasteiger partial charge in [-0.3, -0.25) is 10.1 Å². The summed E-state index contributed by atoms with van der Waals surface area (Å²) in [6.07, 6.45) is 0. The van der Waals surface area contributed by atoms with E-state index in [2.05, 4.69) is 0 Å². The highest BCUT2D eigenvalue weighted by Crippen LogP contribution is 2.33. The molecule has 0 N–H and O–H groups in total. The number of aryl methyl sites for hydroxylation is 2. The molecule has 0 spiro atoms. The maximum absolute atomic E-state index is 10.8. The van der Waals surface area contributed by atoms with Gasteiger partial charge in [-0.2, -0.15) is 0 Å². The van der Waals surface area contributed by atoms with Crippen LogP contribution in [0, 0.1) is 24.0 Å². The first kappa shape index (κ1) is 9.15. The van der Waals surface area contributed by atoms with E-state index in [1.165, 1.54) is 0 Å². The van der Waals surface area contributed by atoms with Gasteiger partial charge < -0.3 is 0 Å². The molecule has 3 nitrogen and oxygen atoms in total. The Labute approximate surface area is 85.1 Å². The highest BCUT2D eigenvalue weighted by Gasteiger charge is 2.14. The fourth-order valence-corrected chi connectivity index (χ4v) is 2.57. The van der Waals surface area contributed by atoms with Gasteiger partial charge in [0.2, 0.25) is 0 Å². The predicted octanol–water partition coefficient (Wildman–Crippen LogP) is 3.43. The Kier molecular flexibility index (Phi) is 2.00. The lowest BCUT2D eigenvalue weighted by atomic mass is 10.1. The molecule has 0 unspecified atom stereocenters. The number of hydrogen-bond donors (Lipinski definition) is 0. The van der Waals surface area contributed by atoms with Crippen molar-refractivity contribution in [2.24, 2.45) is 0 Å². The summed E-state index contributed by atoms with van der Waals surface area (Å²) >= 11 is 1.59. The average molecular weight is 207 g/mol. The van der Waals surface area contributed by atoms with Gasteiger partial charge in [0.25, 0.3) is 5.69 Å². The van der Waals surface area contributed by atoms with Gasteiger partial charge in [-0.15, -0.1) is 11.3 Å². The zero-order chi connectivity index (χ0) is 10.3. The van der Waals surface area contributed by atoms with E-state index in [4.69, 9.17) is 0 Å². The van der Waals surface area contributed by atoms with E-state index in [9.17, 15) is 10.1 Å². The maximum Gasteiger partial charge on any atom is 0.278 e. The fourth-order valence-electron chi connectivity index (χ4n) is 1.53. The van der Waals surface area contributed by atoms with Crippen LogP contribution in [0.15, 0.2) is 18.2 Å². The van der Waals surface area contributed by atoms with Crippen molar-refractivity contribution in [1.82, 2.24) is 0 Å². The number of nitro benzene ring substituents is 1. The van der Waals surface area contributed by atoms with Gasteiger partial charge >= 0.3 is 0 Å². The number of rotatable bonds is 1. The summed E-state index contributed by atoms with van der Waals surface area (Å²) in [5.74, 6) is 0. The summed E-state index contributed by atoms with van der Waals surface area (Å²) < 4.78 is 0.995. The molecule has 0 amide bonds. The van der Waals surface area contributed by atoms with Crippen LogP contribution in [0.5, 0.6) is 0 Å². The third-order valence-electron chi connectivity index (χ3n) is 2.08. The van der Waals surface area contributed by atoms with Crippen LogP contribution in [-0.4, -0.2) is 4.92 Å². The monoisotopic (exact) mass is 207 g/mol. The molecule has 0 saturated heterocycles. The van der Waals surface area contributed by atoms with E-state index in [1.807, 2.05) is 26.0 Å². The Balaban J connectivity index is 2.85. The molecule has 4 heteroatoms. The Morgan fingerprint density at radius 2 is 2.00 bits per heavy atom. The predicted molar refractivity (Wildman–Crippen MR) is 58.0 cm³/mol. The Morgan fingerprint density at radius 1 is 1.29 bits per heavy atom. The zero-order valence-corrected chi connectivity index (χ0v) is 8.72. The highest BCUT2D eigenvalue weighted by atomic mass is 32.1. The number of nitrogens with zero attached hydrogens (tertiary/aromatic N) is 1. The topological polar surface area (TPSA) is 43.1 Å². The van der Waals surface area contributed by atoms with Crippen molar-refractivity contribution in [2.45, 2.75) is 13.8 Å². The van der Waals surface area contributed by atoms with Gasteiger partial charge in [-0.25, -0.2) is 0 Å². The second-order valence-electron chi connectivity index (χ2n) is 3.31. The molecule has 0 aliphatic rings.